The molecule has 1 aliphatic rings. The molecule has 0 saturated heterocycles. The van der Waals surface area contributed by atoms with Crippen LogP contribution in [-0.4, -0.2) is 14.2 Å². The van der Waals surface area contributed by atoms with Crippen LogP contribution in [0, 0.1) is 6.92 Å². The zero-order valence-electron chi connectivity index (χ0n) is 18.7. The lowest BCUT2D eigenvalue weighted by atomic mass is 9.89. The van der Waals surface area contributed by atoms with E-state index in [0.29, 0.717) is 0 Å². The second-order valence-corrected chi connectivity index (χ2v) is 8.16. The van der Waals surface area contributed by atoms with Gasteiger partial charge in [-0.05, 0) is 36.8 Å². The van der Waals surface area contributed by atoms with E-state index in [-0.39, 0.29) is 18.4 Å². The largest absolute Gasteiger partial charge is 0.369 e. The van der Waals surface area contributed by atoms with E-state index in [1.165, 1.54) is 22.3 Å². The van der Waals surface area contributed by atoms with E-state index in [2.05, 4.69) is 113 Å². The zero-order valence-corrected chi connectivity index (χ0v) is 18.7. The molecule has 0 fully saturated rings. The van der Waals surface area contributed by atoms with E-state index in [1.807, 2.05) is 0 Å². The van der Waals surface area contributed by atoms with Crippen molar-refractivity contribution in [1.29, 1.82) is 0 Å². The first-order chi connectivity index (χ1) is 15.7. The fraction of sp³-hybridized carbons (Fsp3) is 0.214. The second kappa shape index (κ2) is 8.65. The average molecular weight is 425 g/mol. The van der Waals surface area contributed by atoms with E-state index in [1.54, 1.807) is 14.2 Å². The third-order valence-electron chi connectivity index (χ3n) is 6.44. The van der Waals surface area contributed by atoms with Crippen LogP contribution in [0.5, 0.6) is 0 Å². The van der Waals surface area contributed by atoms with Gasteiger partial charge in [-0.2, -0.15) is 9.13 Å². The molecule has 1 aliphatic heterocycles. The van der Waals surface area contributed by atoms with Gasteiger partial charge >= 0.3 is 6.23 Å². The standard InChI is InChI=1S/C28H28N2O2/c1-20-12-4-5-13-21(20)24-16-9-11-19-30(24)28(32-3)26-27(31-2)23-15-7-6-14-22(23)25-17-8-10-18-29(25)26/h4-19,26-28H,1-3H3/q+2. The normalized spacial score (nSPS) is 18.0. The number of benzene rings is 2. The first-order valence-electron chi connectivity index (χ1n) is 11.0. The number of rotatable bonds is 5. The summed E-state index contributed by atoms with van der Waals surface area (Å²) in [5.41, 5.74) is 7.08. The van der Waals surface area contributed by atoms with Crippen LogP contribution in [0.15, 0.2) is 97.3 Å². The van der Waals surface area contributed by atoms with Gasteiger partial charge in [-0.15, -0.1) is 0 Å². The van der Waals surface area contributed by atoms with Gasteiger partial charge in [0.25, 0.3) is 6.04 Å². The molecule has 0 saturated carbocycles. The minimum absolute atomic E-state index is 0.0914. The molecule has 0 bridgehead atoms. The highest BCUT2D eigenvalue weighted by Crippen LogP contribution is 2.42. The van der Waals surface area contributed by atoms with Gasteiger partial charge in [-0.3, -0.25) is 0 Å². The molecule has 0 radical (unpaired) electrons. The summed E-state index contributed by atoms with van der Waals surface area (Å²) in [5.74, 6) is 0. The number of hydrogen-bond acceptors (Lipinski definition) is 2. The van der Waals surface area contributed by atoms with Crippen molar-refractivity contribution in [2.45, 2.75) is 25.3 Å². The summed E-state index contributed by atoms with van der Waals surface area (Å²) >= 11 is 0. The highest BCUT2D eigenvalue weighted by atomic mass is 16.5. The Labute approximate surface area is 189 Å². The molecule has 2 aromatic carbocycles. The second-order valence-electron chi connectivity index (χ2n) is 8.16. The quantitative estimate of drug-likeness (QED) is 0.422. The van der Waals surface area contributed by atoms with Crippen LogP contribution in [0.4, 0.5) is 0 Å². The maximum atomic E-state index is 6.24. The molecule has 160 valence electrons. The van der Waals surface area contributed by atoms with E-state index in [4.69, 9.17) is 9.47 Å². The van der Waals surface area contributed by atoms with Crippen molar-refractivity contribution in [3.8, 4) is 22.5 Å². The molecule has 32 heavy (non-hydrogen) atoms. The molecular weight excluding hydrogens is 396 g/mol. The van der Waals surface area contributed by atoms with Crippen LogP contribution in [0.3, 0.4) is 0 Å². The van der Waals surface area contributed by atoms with Gasteiger partial charge in [-0.25, -0.2) is 0 Å². The van der Waals surface area contributed by atoms with Gasteiger partial charge < -0.3 is 9.47 Å². The summed E-state index contributed by atoms with van der Waals surface area (Å²) in [7, 11) is 3.57. The number of ether oxygens (including phenoxy) is 2. The summed E-state index contributed by atoms with van der Waals surface area (Å²) in [5, 5.41) is 0. The zero-order chi connectivity index (χ0) is 22.1. The summed E-state index contributed by atoms with van der Waals surface area (Å²) in [6, 6.07) is 29.5. The molecule has 0 aliphatic carbocycles. The predicted octanol–water partition coefficient (Wildman–Crippen LogP) is 4.99. The molecule has 3 unspecified atom stereocenters. The van der Waals surface area contributed by atoms with Gasteiger partial charge in [0.2, 0.25) is 11.4 Å². The molecule has 4 heteroatoms. The number of nitrogens with zero attached hydrogens (tertiary/aromatic N) is 2. The number of hydrogen-bond donors (Lipinski definition) is 0. The highest BCUT2D eigenvalue weighted by Gasteiger charge is 2.50. The third kappa shape index (κ3) is 3.32. The minimum Gasteiger partial charge on any atom is -0.369 e. The summed E-state index contributed by atoms with van der Waals surface area (Å²) < 4.78 is 16.9. The monoisotopic (exact) mass is 424 g/mol. The molecule has 0 N–H and O–H groups in total. The van der Waals surface area contributed by atoms with Crippen molar-refractivity contribution in [3.63, 3.8) is 0 Å². The number of aromatic nitrogens is 2. The van der Waals surface area contributed by atoms with Crippen LogP contribution in [-0.2, 0) is 9.47 Å². The average Bonchev–Trinajstić information content (AvgIpc) is 2.85. The van der Waals surface area contributed by atoms with Crippen molar-refractivity contribution in [3.05, 3.63) is 108 Å². The van der Waals surface area contributed by atoms with Crippen LogP contribution in [0.25, 0.3) is 22.5 Å². The molecule has 3 atom stereocenters. The molecule has 0 spiro atoms. The van der Waals surface area contributed by atoms with Gasteiger partial charge in [0.1, 0.15) is 0 Å². The van der Waals surface area contributed by atoms with Crippen molar-refractivity contribution in [2.75, 3.05) is 14.2 Å². The Morgan fingerprint density at radius 1 is 0.719 bits per heavy atom. The minimum atomic E-state index is -0.282. The van der Waals surface area contributed by atoms with Crippen molar-refractivity contribution < 1.29 is 18.6 Å². The Balaban J connectivity index is 1.72. The number of aryl methyl sites for hydroxylation is 1. The van der Waals surface area contributed by atoms with Gasteiger partial charge in [0.05, 0.1) is 5.56 Å². The SMILES string of the molecule is COC1c2ccccc2-c2cccc[n+]2C1C(OC)[n+]1ccccc1-c1ccccc1C. The fourth-order valence-corrected chi connectivity index (χ4v) is 4.99. The van der Waals surface area contributed by atoms with E-state index < -0.39 is 0 Å². The van der Waals surface area contributed by atoms with Crippen molar-refractivity contribution in [1.82, 2.24) is 0 Å². The molecule has 3 heterocycles. The lowest BCUT2D eigenvalue weighted by Gasteiger charge is -2.31. The molecule has 4 aromatic rings. The summed E-state index contributed by atoms with van der Waals surface area (Å²) in [6.07, 6.45) is 3.79. The Hall–Kier alpha value is -3.34. The smallest absolute Gasteiger partial charge is 0.329 e. The number of pyridine rings is 2. The lowest BCUT2D eigenvalue weighted by molar-refractivity contribution is -0.841. The maximum absolute atomic E-state index is 6.24. The van der Waals surface area contributed by atoms with Crippen LogP contribution in [0.2, 0.25) is 0 Å². The number of fused-ring (bicyclic) bond motifs is 3. The van der Waals surface area contributed by atoms with E-state index in [9.17, 15) is 0 Å². The van der Waals surface area contributed by atoms with Crippen LogP contribution in [0.1, 0.15) is 29.5 Å². The predicted molar refractivity (Wildman–Crippen MR) is 124 cm³/mol. The molecular formula is C28H28N2O2+2. The van der Waals surface area contributed by atoms with Gasteiger partial charge in [0, 0.05) is 49.6 Å². The molecule has 0 amide bonds. The highest BCUT2D eigenvalue weighted by molar-refractivity contribution is 5.63. The van der Waals surface area contributed by atoms with Crippen molar-refractivity contribution in [2.24, 2.45) is 0 Å². The Bertz CT molecular complexity index is 1250. The third-order valence-corrected chi connectivity index (χ3v) is 6.44. The van der Waals surface area contributed by atoms with Crippen LogP contribution < -0.4 is 9.13 Å². The fourth-order valence-electron chi connectivity index (χ4n) is 4.99. The Morgan fingerprint density at radius 3 is 2.12 bits per heavy atom. The van der Waals surface area contributed by atoms with E-state index in [0.717, 1.165) is 11.4 Å². The summed E-state index contributed by atoms with van der Waals surface area (Å²) in [6.45, 7) is 2.15. The first kappa shape index (κ1) is 20.6. The lowest BCUT2D eigenvalue weighted by Crippen LogP contribution is -2.58. The maximum Gasteiger partial charge on any atom is 0.329 e. The van der Waals surface area contributed by atoms with Crippen LogP contribution >= 0.6 is 0 Å². The Kier molecular flexibility index (Phi) is 5.56. The molecule has 2 aromatic heterocycles. The van der Waals surface area contributed by atoms with Crippen molar-refractivity contribution >= 4 is 0 Å². The van der Waals surface area contributed by atoms with E-state index >= 15 is 0 Å². The Morgan fingerprint density at radius 2 is 1.38 bits per heavy atom. The topological polar surface area (TPSA) is 26.2 Å². The van der Waals surface area contributed by atoms with Gasteiger partial charge in [0.15, 0.2) is 18.5 Å². The number of methoxy groups -OCH3 is 2. The first-order valence-corrected chi connectivity index (χ1v) is 11.0. The molecule has 4 nitrogen and oxygen atoms in total. The van der Waals surface area contributed by atoms with Gasteiger partial charge in [-0.1, -0.05) is 36.4 Å². The summed E-state index contributed by atoms with van der Waals surface area (Å²) in [4.78, 5) is 0. The molecule has 5 rings (SSSR count).